The van der Waals surface area contributed by atoms with Crippen molar-refractivity contribution in [3.05, 3.63) is 40.1 Å². The number of aromatic carboxylic acids is 1. The lowest BCUT2D eigenvalue weighted by Gasteiger charge is -2.06. The number of carboxylic acids is 1. The van der Waals surface area contributed by atoms with Gasteiger partial charge < -0.3 is 9.84 Å². The summed E-state index contributed by atoms with van der Waals surface area (Å²) < 4.78 is 7.44. The number of hydrogen-bond donors (Lipinski definition) is 1. The minimum Gasteiger partial charge on any atom is -0.494 e. The van der Waals surface area contributed by atoms with E-state index >= 15 is 0 Å². The number of carboxylic acid groups (broad SMARTS) is 1. The predicted molar refractivity (Wildman–Crippen MR) is 74.1 cm³/mol. The van der Waals surface area contributed by atoms with Gasteiger partial charge >= 0.3 is 5.97 Å². The van der Waals surface area contributed by atoms with Gasteiger partial charge in [-0.2, -0.15) is 5.10 Å². The predicted octanol–water partition coefficient (Wildman–Crippen LogP) is 3.04. The van der Waals surface area contributed by atoms with Crippen LogP contribution in [0.5, 0.6) is 5.75 Å². The Balaban J connectivity index is 2.41. The maximum atomic E-state index is 11.0. The average Bonchev–Trinajstić information content (AvgIpc) is 2.68. The molecule has 0 bridgehead atoms. The summed E-state index contributed by atoms with van der Waals surface area (Å²) in [7, 11) is 0. The van der Waals surface area contributed by atoms with Crippen LogP contribution in [0.2, 0.25) is 0 Å². The third-order valence-electron chi connectivity index (χ3n) is 2.64. The highest BCUT2D eigenvalue weighted by Gasteiger charge is 2.18. The molecule has 2 rings (SSSR count). The Hall–Kier alpha value is -1.82. The number of rotatable bonds is 4. The first kappa shape index (κ1) is 13.6. The zero-order valence-corrected chi connectivity index (χ0v) is 12.1. The van der Waals surface area contributed by atoms with Gasteiger partial charge in [0.2, 0.25) is 0 Å². The highest BCUT2D eigenvalue weighted by molar-refractivity contribution is 9.10. The van der Waals surface area contributed by atoms with Gasteiger partial charge in [0.15, 0.2) is 5.69 Å². The monoisotopic (exact) mass is 324 g/mol. The molecule has 0 aliphatic rings. The van der Waals surface area contributed by atoms with Crippen LogP contribution in [0.4, 0.5) is 0 Å². The van der Waals surface area contributed by atoms with Crippen LogP contribution in [-0.2, 0) is 0 Å². The normalized spacial score (nSPS) is 10.5. The van der Waals surface area contributed by atoms with Crippen LogP contribution in [0.1, 0.15) is 23.1 Å². The molecule has 1 aromatic carbocycles. The Kier molecular flexibility index (Phi) is 3.90. The van der Waals surface area contributed by atoms with Crippen molar-refractivity contribution in [2.75, 3.05) is 6.61 Å². The molecule has 6 heteroatoms. The molecule has 0 atom stereocenters. The maximum Gasteiger partial charge on any atom is 0.357 e. The number of nitrogens with zero attached hydrogens (tertiary/aromatic N) is 2. The summed E-state index contributed by atoms with van der Waals surface area (Å²) >= 11 is 3.25. The molecule has 0 radical (unpaired) electrons. The van der Waals surface area contributed by atoms with E-state index in [1.807, 2.05) is 31.2 Å². The Morgan fingerprint density at radius 2 is 2.05 bits per heavy atom. The molecule has 0 unspecified atom stereocenters. The average molecular weight is 325 g/mol. The van der Waals surface area contributed by atoms with Crippen molar-refractivity contribution in [3.8, 4) is 11.4 Å². The lowest BCUT2D eigenvalue weighted by Crippen LogP contribution is -2.02. The second kappa shape index (κ2) is 5.44. The lowest BCUT2D eigenvalue weighted by atomic mass is 10.3. The van der Waals surface area contributed by atoms with Gasteiger partial charge in [0, 0.05) is 0 Å². The van der Waals surface area contributed by atoms with Crippen molar-refractivity contribution in [2.24, 2.45) is 0 Å². The van der Waals surface area contributed by atoms with Crippen molar-refractivity contribution in [2.45, 2.75) is 13.8 Å². The van der Waals surface area contributed by atoms with Crippen molar-refractivity contribution in [1.29, 1.82) is 0 Å². The van der Waals surface area contributed by atoms with Crippen LogP contribution in [0.15, 0.2) is 28.7 Å². The standard InChI is InChI=1S/C13H13BrN2O3/c1-3-19-10-6-4-9(5-7-10)16-8(2)11(14)12(15-16)13(17)18/h4-7H,3H2,1-2H3,(H,17,18). The number of benzene rings is 1. The second-order valence-electron chi connectivity index (χ2n) is 3.89. The van der Waals surface area contributed by atoms with Gasteiger partial charge in [-0.25, -0.2) is 9.48 Å². The number of ether oxygens (including phenoxy) is 1. The summed E-state index contributed by atoms with van der Waals surface area (Å²) in [6, 6.07) is 7.33. The third-order valence-corrected chi connectivity index (χ3v) is 3.59. The van der Waals surface area contributed by atoms with E-state index in [0.29, 0.717) is 11.1 Å². The first-order chi connectivity index (χ1) is 9.04. The van der Waals surface area contributed by atoms with Crippen molar-refractivity contribution >= 4 is 21.9 Å². The van der Waals surface area contributed by atoms with Crippen LogP contribution in [0, 0.1) is 6.92 Å². The smallest absolute Gasteiger partial charge is 0.357 e. The fourth-order valence-corrected chi connectivity index (χ4v) is 2.14. The fraction of sp³-hybridized carbons (Fsp3) is 0.231. The Morgan fingerprint density at radius 1 is 1.42 bits per heavy atom. The summed E-state index contributed by atoms with van der Waals surface area (Å²) in [5.41, 5.74) is 1.53. The van der Waals surface area contributed by atoms with Gasteiger partial charge in [-0.15, -0.1) is 0 Å². The molecule has 0 aliphatic carbocycles. The molecule has 1 heterocycles. The van der Waals surface area contributed by atoms with E-state index < -0.39 is 5.97 Å². The molecule has 0 fully saturated rings. The molecule has 0 saturated heterocycles. The maximum absolute atomic E-state index is 11.0. The molecular formula is C13H13BrN2O3. The van der Waals surface area contributed by atoms with E-state index in [4.69, 9.17) is 9.84 Å². The van der Waals surface area contributed by atoms with E-state index in [0.717, 1.165) is 17.1 Å². The van der Waals surface area contributed by atoms with Crippen molar-refractivity contribution < 1.29 is 14.6 Å². The van der Waals surface area contributed by atoms with E-state index in [9.17, 15) is 4.79 Å². The summed E-state index contributed by atoms with van der Waals surface area (Å²) in [4.78, 5) is 11.0. The molecular weight excluding hydrogens is 312 g/mol. The van der Waals surface area contributed by atoms with E-state index in [2.05, 4.69) is 21.0 Å². The topological polar surface area (TPSA) is 64.4 Å². The van der Waals surface area contributed by atoms with E-state index in [1.54, 1.807) is 11.6 Å². The zero-order valence-electron chi connectivity index (χ0n) is 10.6. The zero-order chi connectivity index (χ0) is 14.0. The first-order valence-corrected chi connectivity index (χ1v) is 6.55. The number of halogens is 1. The SMILES string of the molecule is CCOc1ccc(-n2nc(C(=O)O)c(Br)c2C)cc1. The number of hydrogen-bond acceptors (Lipinski definition) is 3. The van der Waals surface area contributed by atoms with Gasteiger partial charge in [-0.1, -0.05) is 0 Å². The highest BCUT2D eigenvalue weighted by Crippen LogP contribution is 2.24. The van der Waals surface area contributed by atoms with Gasteiger partial charge in [0.25, 0.3) is 0 Å². The quantitative estimate of drug-likeness (QED) is 0.938. The highest BCUT2D eigenvalue weighted by atomic mass is 79.9. The largest absolute Gasteiger partial charge is 0.494 e. The van der Waals surface area contributed by atoms with Crippen LogP contribution in [0.25, 0.3) is 5.69 Å². The molecule has 19 heavy (non-hydrogen) atoms. The fourth-order valence-electron chi connectivity index (χ4n) is 1.72. The first-order valence-electron chi connectivity index (χ1n) is 5.76. The van der Waals surface area contributed by atoms with Crippen LogP contribution >= 0.6 is 15.9 Å². The van der Waals surface area contributed by atoms with Crippen LogP contribution < -0.4 is 4.74 Å². The Morgan fingerprint density at radius 3 is 2.53 bits per heavy atom. The Labute approximate surface area is 118 Å². The summed E-state index contributed by atoms with van der Waals surface area (Å²) in [6.45, 7) is 4.33. The molecule has 0 spiro atoms. The van der Waals surface area contributed by atoms with Crippen LogP contribution in [-0.4, -0.2) is 27.5 Å². The molecule has 5 nitrogen and oxygen atoms in total. The van der Waals surface area contributed by atoms with Crippen molar-refractivity contribution in [3.63, 3.8) is 0 Å². The summed E-state index contributed by atoms with van der Waals surface area (Å²) in [5, 5.41) is 13.1. The molecule has 0 aliphatic heterocycles. The molecule has 2 aromatic rings. The summed E-state index contributed by atoms with van der Waals surface area (Å²) in [6.07, 6.45) is 0. The van der Waals surface area contributed by atoms with Crippen LogP contribution in [0.3, 0.4) is 0 Å². The van der Waals surface area contributed by atoms with Gasteiger partial charge in [-0.3, -0.25) is 0 Å². The number of carbonyl (C=O) groups is 1. The van der Waals surface area contributed by atoms with Gasteiger partial charge in [0.05, 0.1) is 22.5 Å². The van der Waals surface area contributed by atoms with Gasteiger partial charge in [0.1, 0.15) is 5.75 Å². The van der Waals surface area contributed by atoms with Crippen molar-refractivity contribution in [1.82, 2.24) is 9.78 Å². The molecule has 0 saturated carbocycles. The third kappa shape index (κ3) is 2.63. The minimum absolute atomic E-state index is 0.00591. The molecule has 1 aromatic heterocycles. The molecule has 0 amide bonds. The summed E-state index contributed by atoms with van der Waals surface area (Å²) in [5.74, 6) is -0.284. The lowest BCUT2D eigenvalue weighted by molar-refractivity contribution is 0.0689. The Bertz CT molecular complexity index is 605. The second-order valence-corrected chi connectivity index (χ2v) is 4.68. The van der Waals surface area contributed by atoms with Gasteiger partial charge in [-0.05, 0) is 54.0 Å². The number of aromatic nitrogens is 2. The molecule has 1 N–H and O–H groups in total. The minimum atomic E-state index is -1.06. The van der Waals surface area contributed by atoms with E-state index in [-0.39, 0.29) is 5.69 Å². The molecule has 100 valence electrons. The van der Waals surface area contributed by atoms with E-state index in [1.165, 1.54) is 0 Å².